The Hall–Kier alpha value is -3.04. The zero-order valence-electron chi connectivity index (χ0n) is 18.2. The molecule has 4 unspecified atom stereocenters. The number of imide groups is 1. The minimum Gasteiger partial charge on any atom is -0.443 e. The molecule has 0 aromatic heterocycles. The molecule has 0 bridgehead atoms. The summed E-state index contributed by atoms with van der Waals surface area (Å²) < 4.78 is 5.31. The molecule has 3 amide bonds. The smallest absolute Gasteiger partial charge is 0.422 e. The van der Waals surface area contributed by atoms with Crippen molar-refractivity contribution in [3.63, 3.8) is 0 Å². The molecule has 0 aliphatic carbocycles. The van der Waals surface area contributed by atoms with Crippen LogP contribution in [0.3, 0.4) is 0 Å². The average Bonchev–Trinajstić information content (AvgIpc) is 2.90. The van der Waals surface area contributed by atoms with E-state index < -0.39 is 41.7 Å². The van der Waals surface area contributed by atoms with E-state index in [0.29, 0.717) is 11.1 Å². The van der Waals surface area contributed by atoms with E-state index >= 15 is 0 Å². The number of hydrogen-bond acceptors (Lipinski definition) is 7. The van der Waals surface area contributed by atoms with E-state index in [2.05, 4.69) is 5.43 Å². The van der Waals surface area contributed by atoms with Gasteiger partial charge in [-0.05, 0) is 33.3 Å². The van der Waals surface area contributed by atoms with Crippen LogP contribution in [0.1, 0.15) is 49.7 Å². The number of likely N-dealkylation sites (tertiary alicyclic amines) is 1. The second-order valence-electron chi connectivity index (χ2n) is 8.73. The van der Waals surface area contributed by atoms with Crippen molar-refractivity contribution in [3.05, 3.63) is 47.5 Å². The van der Waals surface area contributed by atoms with Crippen LogP contribution in [0.4, 0.5) is 4.79 Å². The van der Waals surface area contributed by atoms with Crippen molar-refractivity contribution >= 4 is 23.7 Å². The maximum absolute atomic E-state index is 12.8. The lowest BCUT2D eigenvalue weighted by atomic mass is 9.90. The lowest BCUT2D eigenvalue weighted by Crippen LogP contribution is -2.60. The molecule has 2 N–H and O–H groups in total. The van der Waals surface area contributed by atoms with Gasteiger partial charge < -0.3 is 9.84 Å². The first-order valence-electron chi connectivity index (χ1n) is 9.97. The van der Waals surface area contributed by atoms with Crippen molar-refractivity contribution in [1.29, 1.82) is 0 Å². The largest absolute Gasteiger partial charge is 0.443 e. The highest BCUT2D eigenvalue weighted by molar-refractivity contribution is 6.08. The summed E-state index contributed by atoms with van der Waals surface area (Å²) in [6.07, 6.45) is 1.22. The Morgan fingerprint density at radius 1 is 1.10 bits per heavy atom. The van der Waals surface area contributed by atoms with Crippen LogP contribution < -0.4 is 5.43 Å². The van der Waals surface area contributed by atoms with E-state index in [-0.39, 0.29) is 11.7 Å². The van der Waals surface area contributed by atoms with Crippen LogP contribution in [0.5, 0.6) is 0 Å². The number of Topliss-reactive ketones (excluding diaryl/α,β-unsaturated/α-hetero) is 1. The van der Waals surface area contributed by atoms with Gasteiger partial charge in [-0.15, -0.1) is 0 Å². The van der Waals surface area contributed by atoms with Crippen molar-refractivity contribution in [2.45, 2.75) is 51.5 Å². The summed E-state index contributed by atoms with van der Waals surface area (Å²) in [5.41, 5.74) is 2.76. The first kappa shape index (κ1) is 22.6. The van der Waals surface area contributed by atoms with Crippen LogP contribution >= 0.6 is 0 Å². The standard InChI is InChI=1S/C22H27N3O6/c1-12(26)13-6-8-14(9-7-13)18(27)16-11-10-15-17(20(29)24(5)19(15)28)25(16)23-21(30)31-22(2,3)4/h6-11,15-18,27H,1-5H3,(H,23,30). The summed E-state index contributed by atoms with van der Waals surface area (Å²) in [5, 5.41) is 12.3. The number of hydrazine groups is 1. The molecule has 9 nitrogen and oxygen atoms in total. The van der Waals surface area contributed by atoms with Gasteiger partial charge in [-0.25, -0.2) is 4.79 Å². The quantitative estimate of drug-likeness (QED) is 0.424. The van der Waals surface area contributed by atoms with Gasteiger partial charge in [0.15, 0.2) is 5.78 Å². The Bertz CT molecular complexity index is 934. The molecular weight excluding hydrogens is 402 g/mol. The first-order chi connectivity index (χ1) is 14.4. The summed E-state index contributed by atoms with van der Waals surface area (Å²) in [6.45, 7) is 6.55. The highest BCUT2D eigenvalue weighted by Gasteiger charge is 2.53. The highest BCUT2D eigenvalue weighted by Crippen LogP contribution is 2.34. The number of aliphatic hydroxyl groups excluding tert-OH is 1. The average molecular weight is 429 g/mol. The number of nitrogens with one attached hydrogen (secondary N) is 1. The van der Waals surface area contributed by atoms with Crippen LogP contribution in [-0.4, -0.2) is 63.4 Å². The van der Waals surface area contributed by atoms with Crippen molar-refractivity contribution in [2.24, 2.45) is 5.92 Å². The van der Waals surface area contributed by atoms with Gasteiger partial charge in [-0.1, -0.05) is 36.4 Å². The SMILES string of the molecule is CC(=O)c1ccc(C(O)C2C=CC3C(=O)N(C)C(=O)C3N2NC(=O)OC(C)(C)C)cc1. The van der Waals surface area contributed by atoms with Crippen molar-refractivity contribution < 1.29 is 29.0 Å². The number of amides is 3. The van der Waals surface area contributed by atoms with E-state index in [1.165, 1.54) is 19.0 Å². The summed E-state index contributed by atoms with van der Waals surface area (Å²) in [7, 11) is 1.38. The predicted octanol–water partition coefficient (Wildman–Crippen LogP) is 1.59. The Labute approximate surface area is 180 Å². The normalized spacial score (nSPS) is 24.7. The molecular formula is C22H27N3O6. The van der Waals surface area contributed by atoms with Crippen molar-refractivity contribution in [3.8, 4) is 0 Å². The number of aliphatic hydroxyl groups is 1. The summed E-state index contributed by atoms with van der Waals surface area (Å²) in [6, 6.07) is 4.56. The van der Waals surface area contributed by atoms with E-state index in [9.17, 15) is 24.3 Å². The molecule has 0 saturated carbocycles. The number of benzene rings is 1. The molecule has 31 heavy (non-hydrogen) atoms. The van der Waals surface area contributed by atoms with Gasteiger partial charge >= 0.3 is 6.09 Å². The molecule has 0 spiro atoms. The Morgan fingerprint density at radius 2 is 1.71 bits per heavy atom. The van der Waals surface area contributed by atoms with Gasteiger partial charge in [0.2, 0.25) is 11.8 Å². The Morgan fingerprint density at radius 3 is 2.26 bits per heavy atom. The third-order valence-corrected chi connectivity index (χ3v) is 5.28. The zero-order chi connectivity index (χ0) is 23.1. The predicted molar refractivity (Wildman–Crippen MR) is 111 cm³/mol. The number of hydrogen-bond donors (Lipinski definition) is 2. The molecule has 1 saturated heterocycles. The van der Waals surface area contributed by atoms with E-state index in [1.807, 2.05) is 0 Å². The fourth-order valence-corrected chi connectivity index (χ4v) is 3.73. The molecule has 4 atom stereocenters. The van der Waals surface area contributed by atoms with Crippen molar-refractivity contribution in [2.75, 3.05) is 7.05 Å². The third-order valence-electron chi connectivity index (χ3n) is 5.28. The number of fused-ring (bicyclic) bond motifs is 1. The number of carbonyl (C=O) groups is 4. The zero-order valence-corrected chi connectivity index (χ0v) is 18.2. The summed E-state index contributed by atoms with van der Waals surface area (Å²) >= 11 is 0. The van der Waals surface area contributed by atoms with Crippen LogP contribution in [0.25, 0.3) is 0 Å². The van der Waals surface area contributed by atoms with Gasteiger partial charge in [-0.2, -0.15) is 5.01 Å². The van der Waals surface area contributed by atoms with E-state index in [0.717, 1.165) is 4.90 Å². The van der Waals surface area contributed by atoms with E-state index in [4.69, 9.17) is 4.74 Å². The number of nitrogens with zero attached hydrogens (tertiary/aromatic N) is 2. The molecule has 2 heterocycles. The van der Waals surface area contributed by atoms with Gasteiger partial charge in [-0.3, -0.25) is 24.7 Å². The van der Waals surface area contributed by atoms with Gasteiger partial charge in [0.1, 0.15) is 11.6 Å². The Kier molecular flexibility index (Phi) is 6.02. The van der Waals surface area contributed by atoms with Crippen LogP contribution in [0.15, 0.2) is 36.4 Å². The minimum absolute atomic E-state index is 0.104. The topological polar surface area (TPSA) is 116 Å². The fraction of sp³-hybridized carbons (Fsp3) is 0.455. The third kappa shape index (κ3) is 4.52. The number of carbonyl (C=O) groups excluding carboxylic acids is 4. The van der Waals surface area contributed by atoms with Crippen LogP contribution in [-0.2, 0) is 14.3 Å². The van der Waals surface area contributed by atoms with Gasteiger partial charge in [0.25, 0.3) is 0 Å². The molecule has 2 aliphatic heterocycles. The minimum atomic E-state index is -1.15. The number of rotatable bonds is 4. The monoisotopic (exact) mass is 429 g/mol. The summed E-state index contributed by atoms with van der Waals surface area (Å²) in [4.78, 5) is 50.2. The lowest BCUT2D eigenvalue weighted by molar-refractivity contribution is -0.139. The second-order valence-corrected chi connectivity index (χ2v) is 8.73. The first-order valence-corrected chi connectivity index (χ1v) is 9.97. The maximum atomic E-state index is 12.8. The highest BCUT2D eigenvalue weighted by atomic mass is 16.6. The molecule has 9 heteroatoms. The Balaban J connectivity index is 1.94. The molecule has 2 aliphatic rings. The molecule has 1 aromatic carbocycles. The number of ether oxygens (including phenoxy) is 1. The van der Waals surface area contributed by atoms with Crippen LogP contribution in [0.2, 0.25) is 0 Å². The van der Waals surface area contributed by atoms with Crippen molar-refractivity contribution in [1.82, 2.24) is 15.3 Å². The molecule has 1 aromatic rings. The molecule has 166 valence electrons. The molecule has 3 rings (SSSR count). The van der Waals surface area contributed by atoms with Gasteiger partial charge in [0.05, 0.1) is 18.1 Å². The van der Waals surface area contributed by atoms with Gasteiger partial charge in [0, 0.05) is 12.6 Å². The molecule has 1 fully saturated rings. The lowest BCUT2D eigenvalue weighted by Gasteiger charge is -2.40. The van der Waals surface area contributed by atoms with E-state index in [1.54, 1.807) is 57.2 Å². The second kappa shape index (κ2) is 8.24. The molecule has 0 radical (unpaired) electrons. The van der Waals surface area contributed by atoms with Crippen LogP contribution in [0, 0.1) is 5.92 Å². The summed E-state index contributed by atoms with van der Waals surface area (Å²) in [5.74, 6) is -1.76. The number of likely N-dealkylation sites (N-methyl/N-ethyl adjacent to an activating group) is 1. The maximum Gasteiger partial charge on any atom is 0.422 e. The fourth-order valence-electron chi connectivity index (χ4n) is 3.73. The number of ketones is 1.